The highest BCUT2D eigenvalue weighted by molar-refractivity contribution is 6.30. The lowest BCUT2D eigenvalue weighted by Gasteiger charge is -2.37. The molecule has 2 N–H and O–H groups in total. The molecule has 0 spiro atoms. The van der Waals surface area contributed by atoms with E-state index in [0.29, 0.717) is 0 Å². The first-order valence-corrected chi connectivity index (χ1v) is 5.91. The number of hydrogen-bond donors (Lipinski definition) is 1. The molecule has 0 aromatic heterocycles. The molecule has 0 fully saturated rings. The van der Waals surface area contributed by atoms with Crippen LogP contribution in [0.4, 0.5) is 8.78 Å². The average molecular weight is 262 g/mol. The minimum atomic E-state index is -1.65. The van der Waals surface area contributed by atoms with Gasteiger partial charge in [-0.05, 0) is 17.0 Å². The molecular weight excluding hydrogens is 244 g/mol. The predicted molar refractivity (Wildman–Crippen MR) is 67.5 cm³/mol. The summed E-state index contributed by atoms with van der Waals surface area (Å²) in [5.41, 5.74) is 3.45. The van der Waals surface area contributed by atoms with Crippen molar-refractivity contribution in [1.82, 2.24) is 0 Å². The molecule has 0 bridgehead atoms. The lowest BCUT2D eigenvalue weighted by molar-refractivity contribution is 0.0374. The molecule has 1 unspecified atom stereocenters. The van der Waals surface area contributed by atoms with Crippen molar-refractivity contribution in [3.8, 4) is 0 Å². The van der Waals surface area contributed by atoms with Crippen LogP contribution in [0.15, 0.2) is 18.2 Å². The highest BCUT2D eigenvalue weighted by Gasteiger charge is 2.41. The number of rotatable bonds is 3. The maximum Gasteiger partial charge on any atom is 0.145 e. The lowest BCUT2D eigenvalue weighted by atomic mass is 9.74. The minimum absolute atomic E-state index is 0.00998. The summed E-state index contributed by atoms with van der Waals surface area (Å²) >= 11 is 5.67. The largest absolute Gasteiger partial charge is 0.327 e. The van der Waals surface area contributed by atoms with E-state index in [2.05, 4.69) is 0 Å². The fourth-order valence-electron chi connectivity index (χ4n) is 1.63. The Labute approximate surface area is 106 Å². The van der Waals surface area contributed by atoms with E-state index in [4.69, 9.17) is 17.3 Å². The van der Waals surface area contributed by atoms with Crippen LogP contribution in [0.5, 0.6) is 0 Å². The summed E-state index contributed by atoms with van der Waals surface area (Å²) in [6.45, 7) is 5.11. The summed E-state index contributed by atoms with van der Waals surface area (Å²) in [4.78, 5) is 0. The third-order valence-corrected chi connectivity index (χ3v) is 3.46. The van der Waals surface area contributed by atoms with E-state index in [-0.39, 0.29) is 23.6 Å². The first kappa shape index (κ1) is 14.4. The number of benzene rings is 1. The Hall–Kier alpha value is -0.670. The van der Waals surface area contributed by atoms with Gasteiger partial charge in [0.2, 0.25) is 0 Å². The third-order valence-electron chi connectivity index (χ3n) is 3.17. The van der Waals surface area contributed by atoms with Gasteiger partial charge in [-0.1, -0.05) is 44.5 Å². The molecule has 0 aliphatic carbocycles. The van der Waals surface area contributed by atoms with E-state index in [1.54, 1.807) is 26.8 Å². The zero-order valence-corrected chi connectivity index (χ0v) is 11.1. The molecule has 96 valence electrons. The van der Waals surface area contributed by atoms with Gasteiger partial charge in [0.1, 0.15) is 11.5 Å². The van der Waals surface area contributed by atoms with Crippen LogP contribution in [0.25, 0.3) is 0 Å². The van der Waals surface area contributed by atoms with E-state index < -0.39 is 16.9 Å². The second kappa shape index (κ2) is 4.91. The second-order valence-electron chi connectivity index (χ2n) is 5.31. The molecule has 1 aromatic carbocycles. The molecule has 0 amide bonds. The fourth-order valence-corrected chi connectivity index (χ4v) is 1.82. The highest BCUT2D eigenvalue weighted by Crippen LogP contribution is 2.37. The molecule has 1 nitrogen and oxygen atoms in total. The maximum atomic E-state index is 14.7. The SMILES string of the molecule is CC(C)(C)C(F)(CN)Cc1cccc(Cl)c1F. The number of hydrogen-bond acceptors (Lipinski definition) is 1. The summed E-state index contributed by atoms with van der Waals surface area (Å²) in [5, 5.41) is 0.00998. The number of nitrogens with two attached hydrogens (primary N) is 1. The minimum Gasteiger partial charge on any atom is -0.327 e. The third kappa shape index (κ3) is 2.96. The second-order valence-corrected chi connectivity index (χ2v) is 5.72. The van der Waals surface area contributed by atoms with E-state index in [0.717, 1.165) is 0 Å². The smallest absolute Gasteiger partial charge is 0.145 e. The monoisotopic (exact) mass is 261 g/mol. The molecule has 0 heterocycles. The van der Waals surface area contributed by atoms with Crippen LogP contribution in [-0.2, 0) is 6.42 Å². The van der Waals surface area contributed by atoms with Crippen molar-refractivity contribution in [2.45, 2.75) is 32.9 Å². The Balaban J connectivity index is 3.08. The van der Waals surface area contributed by atoms with Crippen molar-refractivity contribution in [2.24, 2.45) is 11.1 Å². The van der Waals surface area contributed by atoms with Crippen LogP contribution in [0.1, 0.15) is 26.3 Å². The van der Waals surface area contributed by atoms with Gasteiger partial charge in [0.15, 0.2) is 0 Å². The van der Waals surface area contributed by atoms with Crippen molar-refractivity contribution in [1.29, 1.82) is 0 Å². The molecule has 0 saturated carbocycles. The van der Waals surface area contributed by atoms with Gasteiger partial charge in [0, 0.05) is 13.0 Å². The maximum absolute atomic E-state index is 14.7. The predicted octanol–water partition coefficient (Wildman–Crippen LogP) is 3.73. The van der Waals surface area contributed by atoms with Gasteiger partial charge in [-0.25, -0.2) is 8.78 Å². The van der Waals surface area contributed by atoms with Crippen molar-refractivity contribution in [3.05, 3.63) is 34.6 Å². The lowest BCUT2D eigenvalue weighted by Crippen LogP contribution is -2.47. The van der Waals surface area contributed by atoms with Crippen molar-refractivity contribution in [2.75, 3.05) is 6.54 Å². The van der Waals surface area contributed by atoms with E-state index in [9.17, 15) is 8.78 Å². The van der Waals surface area contributed by atoms with Crippen LogP contribution in [-0.4, -0.2) is 12.2 Å². The first-order valence-electron chi connectivity index (χ1n) is 5.53. The molecule has 1 rings (SSSR count). The molecule has 0 aliphatic heterocycles. The zero-order valence-electron chi connectivity index (χ0n) is 10.4. The fraction of sp³-hybridized carbons (Fsp3) is 0.538. The van der Waals surface area contributed by atoms with Gasteiger partial charge in [0.25, 0.3) is 0 Å². The van der Waals surface area contributed by atoms with Gasteiger partial charge in [-0.2, -0.15) is 0 Å². The normalized spacial score (nSPS) is 15.7. The molecule has 4 heteroatoms. The Morgan fingerprint density at radius 2 is 1.88 bits per heavy atom. The van der Waals surface area contributed by atoms with Gasteiger partial charge < -0.3 is 5.73 Å². The van der Waals surface area contributed by atoms with Crippen LogP contribution in [0, 0.1) is 11.2 Å². The first-order chi connectivity index (χ1) is 7.71. The molecule has 0 radical (unpaired) electrons. The summed E-state index contributed by atoms with van der Waals surface area (Å²) in [6.07, 6.45) is -0.0700. The summed E-state index contributed by atoms with van der Waals surface area (Å²) in [5.74, 6) is -0.561. The molecule has 17 heavy (non-hydrogen) atoms. The summed E-state index contributed by atoms with van der Waals surface area (Å²) in [7, 11) is 0. The van der Waals surface area contributed by atoms with E-state index in [1.165, 1.54) is 12.1 Å². The molecule has 0 aliphatic rings. The van der Waals surface area contributed by atoms with Gasteiger partial charge >= 0.3 is 0 Å². The van der Waals surface area contributed by atoms with Gasteiger partial charge in [-0.15, -0.1) is 0 Å². The average Bonchev–Trinajstić information content (AvgIpc) is 2.23. The van der Waals surface area contributed by atoms with Crippen molar-refractivity contribution in [3.63, 3.8) is 0 Å². The van der Waals surface area contributed by atoms with Crippen LogP contribution in [0.3, 0.4) is 0 Å². The van der Waals surface area contributed by atoms with Gasteiger partial charge in [0.05, 0.1) is 5.02 Å². The Morgan fingerprint density at radius 3 is 2.35 bits per heavy atom. The number of alkyl halides is 1. The van der Waals surface area contributed by atoms with Gasteiger partial charge in [-0.3, -0.25) is 0 Å². The van der Waals surface area contributed by atoms with Crippen molar-refractivity contribution < 1.29 is 8.78 Å². The van der Waals surface area contributed by atoms with Crippen LogP contribution < -0.4 is 5.73 Å². The quantitative estimate of drug-likeness (QED) is 0.881. The van der Waals surface area contributed by atoms with Crippen molar-refractivity contribution >= 4 is 11.6 Å². The van der Waals surface area contributed by atoms with E-state index >= 15 is 0 Å². The molecule has 1 atom stereocenters. The zero-order chi connectivity index (χ0) is 13.3. The summed E-state index contributed by atoms with van der Waals surface area (Å²) in [6, 6.07) is 4.59. The molecule has 1 aromatic rings. The molecule has 0 saturated heterocycles. The Morgan fingerprint density at radius 1 is 1.29 bits per heavy atom. The Bertz CT molecular complexity index is 401. The highest BCUT2D eigenvalue weighted by atomic mass is 35.5. The topological polar surface area (TPSA) is 26.0 Å². The standard InChI is InChI=1S/C13H18ClF2N/c1-12(2,3)13(16,8-17)7-9-5-4-6-10(14)11(9)15/h4-6H,7-8,17H2,1-3H3. The summed E-state index contributed by atoms with van der Waals surface area (Å²) < 4.78 is 28.4. The van der Waals surface area contributed by atoms with Crippen LogP contribution >= 0.6 is 11.6 Å². The van der Waals surface area contributed by atoms with Crippen LogP contribution in [0.2, 0.25) is 5.02 Å². The number of halogens is 3. The molecular formula is C13H18ClF2N. The van der Waals surface area contributed by atoms with E-state index in [1.807, 2.05) is 0 Å². The Kier molecular flexibility index (Phi) is 4.15.